The smallest absolute Gasteiger partial charge is 0.235 e. The van der Waals surface area contributed by atoms with Gasteiger partial charge in [-0.15, -0.1) is 0 Å². The molecule has 1 aromatic heterocycles. The number of nitrogens with zero attached hydrogens (tertiary/aromatic N) is 1. The minimum absolute atomic E-state index is 0.0135. The second kappa shape index (κ2) is 9.67. The van der Waals surface area contributed by atoms with E-state index in [0.29, 0.717) is 23.4 Å². The number of amides is 2. The maximum Gasteiger partial charge on any atom is 0.235 e. The number of pyridine rings is 1. The van der Waals surface area contributed by atoms with Crippen molar-refractivity contribution >= 4 is 33.1 Å². The normalized spacial score (nSPS) is 26.4. The van der Waals surface area contributed by atoms with Crippen LogP contribution in [0.25, 0.3) is 5.57 Å². The first kappa shape index (κ1) is 25.6. The average Bonchev–Trinajstić information content (AvgIpc) is 3.19. The monoisotopic (exact) mass is 525 g/mol. The minimum atomic E-state index is -3.82. The fourth-order valence-electron chi connectivity index (χ4n) is 6.95. The lowest BCUT2D eigenvalue weighted by Gasteiger charge is -2.50. The van der Waals surface area contributed by atoms with Crippen LogP contribution in [-0.4, -0.2) is 31.0 Å². The number of rotatable bonds is 6. The van der Waals surface area contributed by atoms with E-state index in [4.69, 9.17) is 0 Å². The maximum atomic E-state index is 13.9. The second-order valence-corrected chi connectivity index (χ2v) is 12.6. The molecule has 2 N–H and O–H groups in total. The molecule has 2 amide bonds. The molecule has 1 fully saturated rings. The van der Waals surface area contributed by atoms with Crippen LogP contribution in [0.4, 0.5) is 10.1 Å². The van der Waals surface area contributed by atoms with E-state index in [1.807, 2.05) is 16.9 Å². The third-order valence-corrected chi connectivity index (χ3v) is 9.84. The van der Waals surface area contributed by atoms with E-state index in [0.717, 1.165) is 44.6 Å². The van der Waals surface area contributed by atoms with Crippen LogP contribution in [0.15, 0.2) is 42.7 Å². The molecule has 2 aromatic rings. The first-order chi connectivity index (χ1) is 17.6. The van der Waals surface area contributed by atoms with E-state index < -0.39 is 27.6 Å². The number of allylic oxidation sites excluding steroid dienone is 2. The third-order valence-electron chi connectivity index (χ3n) is 8.50. The molecule has 0 saturated heterocycles. The zero-order valence-corrected chi connectivity index (χ0v) is 21.9. The topological polar surface area (TPSA) is 105 Å². The molecule has 0 unspecified atom stereocenters. The number of anilines is 1. The highest BCUT2D eigenvalue weighted by atomic mass is 32.2. The van der Waals surface area contributed by atoms with Crippen molar-refractivity contribution in [2.45, 2.75) is 58.3 Å². The molecule has 3 aliphatic carbocycles. The van der Waals surface area contributed by atoms with Gasteiger partial charge in [-0.1, -0.05) is 19.1 Å². The standard InChI is InChI=1S/C28H32FN3O4S/c1-17(33)32-37(35,36)12-10-27(34)31-21-4-6-22-18(14-21)3-5-24-23(22)9-11-28(2)25(7-8-26(24)28)19-13-20(29)16-30-15-19/h4,6-7,13-16,23-24,26H,3,5,8-12H2,1-2H3,(H,31,34)(H,32,33)/t23-,24-,26+,28-/m1/s1. The summed E-state index contributed by atoms with van der Waals surface area (Å²) >= 11 is 0. The van der Waals surface area contributed by atoms with E-state index in [2.05, 4.69) is 29.4 Å². The Morgan fingerprint density at radius 3 is 2.76 bits per heavy atom. The first-order valence-electron chi connectivity index (χ1n) is 12.8. The molecule has 1 saturated carbocycles. The SMILES string of the molecule is CC(=O)NS(=O)(=O)CCC(=O)Nc1ccc2c(c1)CC[C@@H]1[C@@H]2CC[C@]2(C)C(c3cncc(F)c3)=CC[C@@H]12. The van der Waals surface area contributed by atoms with E-state index in [9.17, 15) is 22.4 Å². The number of hydrogen-bond donors (Lipinski definition) is 2. The minimum Gasteiger partial charge on any atom is -0.326 e. The summed E-state index contributed by atoms with van der Waals surface area (Å²) in [5.74, 6) is -0.340. The molecular formula is C28H32FN3O4S. The summed E-state index contributed by atoms with van der Waals surface area (Å²) in [6, 6.07) is 7.61. The van der Waals surface area contributed by atoms with Crippen molar-refractivity contribution in [2.75, 3.05) is 11.1 Å². The number of carbonyl (C=O) groups excluding carboxylic acids is 2. The Labute approximate surface area is 217 Å². The number of halogens is 1. The molecule has 3 aliphatic rings. The Morgan fingerprint density at radius 1 is 1.19 bits per heavy atom. The van der Waals surface area contributed by atoms with Gasteiger partial charge in [0.2, 0.25) is 21.8 Å². The molecule has 5 rings (SSSR count). The molecule has 4 atom stereocenters. The van der Waals surface area contributed by atoms with Crippen molar-refractivity contribution in [3.63, 3.8) is 0 Å². The molecule has 1 heterocycles. The molecule has 196 valence electrons. The molecule has 0 aliphatic heterocycles. The number of hydrogen-bond acceptors (Lipinski definition) is 5. The lowest BCUT2D eigenvalue weighted by molar-refractivity contribution is -0.117. The van der Waals surface area contributed by atoms with Crippen LogP contribution in [0, 0.1) is 23.1 Å². The Balaban J connectivity index is 1.27. The van der Waals surface area contributed by atoms with E-state index in [-0.39, 0.29) is 17.7 Å². The van der Waals surface area contributed by atoms with Crippen molar-refractivity contribution < 1.29 is 22.4 Å². The van der Waals surface area contributed by atoms with Gasteiger partial charge in [0.15, 0.2) is 0 Å². The highest BCUT2D eigenvalue weighted by Crippen LogP contribution is 2.63. The Bertz CT molecular complexity index is 1390. The quantitative estimate of drug-likeness (QED) is 0.575. The molecule has 37 heavy (non-hydrogen) atoms. The van der Waals surface area contributed by atoms with Crippen LogP contribution in [0.5, 0.6) is 0 Å². The van der Waals surface area contributed by atoms with Gasteiger partial charge in [-0.3, -0.25) is 19.3 Å². The number of aromatic nitrogens is 1. The summed E-state index contributed by atoms with van der Waals surface area (Å²) in [5, 5.41) is 2.80. The molecule has 0 bridgehead atoms. The summed E-state index contributed by atoms with van der Waals surface area (Å²) in [7, 11) is -3.82. The van der Waals surface area contributed by atoms with Crippen molar-refractivity contribution in [2.24, 2.45) is 17.3 Å². The number of carbonyl (C=O) groups is 2. The zero-order chi connectivity index (χ0) is 26.4. The van der Waals surface area contributed by atoms with Gasteiger partial charge >= 0.3 is 0 Å². The number of benzene rings is 1. The van der Waals surface area contributed by atoms with Crippen LogP contribution in [0.1, 0.15) is 68.6 Å². The van der Waals surface area contributed by atoms with Crippen molar-refractivity contribution in [1.29, 1.82) is 0 Å². The predicted molar refractivity (Wildman–Crippen MR) is 139 cm³/mol. The molecule has 1 aromatic carbocycles. The lowest BCUT2D eigenvalue weighted by Crippen LogP contribution is -2.40. The van der Waals surface area contributed by atoms with Gasteiger partial charge < -0.3 is 5.32 Å². The highest BCUT2D eigenvalue weighted by Gasteiger charge is 2.52. The van der Waals surface area contributed by atoms with Gasteiger partial charge in [-0.25, -0.2) is 12.8 Å². The summed E-state index contributed by atoms with van der Waals surface area (Å²) in [6.07, 6.45) is 10.1. The average molecular weight is 526 g/mol. The first-order valence-corrected chi connectivity index (χ1v) is 14.5. The van der Waals surface area contributed by atoms with Gasteiger partial charge in [0.25, 0.3) is 0 Å². The van der Waals surface area contributed by atoms with Crippen molar-refractivity contribution in [3.05, 3.63) is 65.2 Å². The number of nitrogens with one attached hydrogen (secondary N) is 2. The number of aryl methyl sites for hydroxylation is 1. The van der Waals surface area contributed by atoms with E-state index in [1.165, 1.54) is 22.9 Å². The van der Waals surface area contributed by atoms with Crippen molar-refractivity contribution in [3.8, 4) is 0 Å². The fraction of sp³-hybridized carbons (Fsp3) is 0.464. The van der Waals surface area contributed by atoms with Crippen LogP contribution in [-0.2, 0) is 26.0 Å². The predicted octanol–water partition coefficient (Wildman–Crippen LogP) is 4.56. The molecule has 7 nitrogen and oxygen atoms in total. The second-order valence-electron chi connectivity index (χ2n) is 10.8. The van der Waals surface area contributed by atoms with Gasteiger partial charge in [0, 0.05) is 25.2 Å². The van der Waals surface area contributed by atoms with Crippen LogP contribution < -0.4 is 10.0 Å². The highest BCUT2D eigenvalue weighted by molar-refractivity contribution is 7.90. The Kier molecular flexibility index (Phi) is 6.68. The Hall–Kier alpha value is -3.07. The molecular weight excluding hydrogens is 493 g/mol. The summed E-state index contributed by atoms with van der Waals surface area (Å²) in [4.78, 5) is 27.4. The summed E-state index contributed by atoms with van der Waals surface area (Å²) in [5.41, 5.74) is 5.36. The lowest BCUT2D eigenvalue weighted by atomic mass is 9.54. The van der Waals surface area contributed by atoms with Crippen LogP contribution >= 0.6 is 0 Å². The molecule has 0 radical (unpaired) electrons. The van der Waals surface area contributed by atoms with E-state index in [1.54, 1.807) is 12.3 Å². The molecule has 0 spiro atoms. The Morgan fingerprint density at radius 2 is 2.00 bits per heavy atom. The van der Waals surface area contributed by atoms with Gasteiger partial charge in [0.1, 0.15) is 5.82 Å². The zero-order valence-electron chi connectivity index (χ0n) is 21.1. The van der Waals surface area contributed by atoms with Gasteiger partial charge in [-0.05, 0) is 95.7 Å². The van der Waals surface area contributed by atoms with Crippen LogP contribution in [0.3, 0.4) is 0 Å². The maximum absolute atomic E-state index is 13.9. The number of sulfonamides is 1. The summed E-state index contributed by atoms with van der Waals surface area (Å²) in [6.45, 7) is 3.45. The number of fused-ring (bicyclic) bond motifs is 5. The van der Waals surface area contributed by atoms with Crippen molar-refractivity contribution in [1.82, 2.24) is 9.71 Å². The molecule has 9 heteroatoms. The van der Waals surface area contributed by atoms with Gasteiger partial charge in [-0.2, -0.15) is 0 Å². The van der Waals surface area contributed by atoms with E-state index >= 15 is 0 Å². The summed E-state index contributed by atoms with van der Waals surface area (Å²) < 4.78 is 39.4. The fourth-order valence-corrected chi connectivity index (χ4v) is 7.95. The largest absolute Gasteiger partial charge is 0.326 e. The third kappa shape index (κ3) is 5.06. The van der Waals surface area contributed by atoms with Gasteiger partial charge in [0.05, 0.1) is 11.9 Å². The van der Waals surface area contributed by atoms with Crippen LogP contribution in [0.2, 0.25) is 0 Å².